The molecule has 0 aromatic carbocycles. The molecule has 0 radical (unpaired) electrons. The van der Waals surface area contributed by atoms with Crippen LogP contribution in [0.2, 0.25) is 0 Å². The largest absolute Gasteiger partial charge is 0.496 e. The summed E-state index contributed by atoms with van der Waals surface area (Å²) < 4.78 is 5.52. The van der Waals surface area contributed by atoms with Crippen LogP contribution >= 0.6 is 0 Å². The molecule has 0 N–H and O–H groups in total. The third kappa shape index (κ3) is 2.50. The Balaban J connectivity index is 2.60. The number of methoxy groups -OCH3 is 1. The summed E-state index contributed by atoms with van der Waals surface area (Å²) in [4.78, 5) is 24.6. The van der Waals surface area contributed by atoms with E-state index in [1.54, 1.807) is 14.0 Å². The Labute approximate surface area is 126 Å². The fourth-order valence-corrected chi connectivity index (χ4v) is 3.68. The van der Waals surface area contributed by atoms with Crippen LogP contribution in [0, 0.1) is 17.8 Å². The van der Waals surface area contributed by atoms with Crippen LogP contribution in [0.4, 0.5) is 0 Å². The minimum absolute atomic E-state index is 0.127. The van der Waals surface area contributed by atoms with Crippen molar-refractivity contribution >= 4 is 11.6 Å². The number of ether oxygens (including phenoxy) is 1. The standard InChI is InChI=1S/C18H24O3/c1-6-7-10(2)13-9-8-11(3)14-15(13)18(21-5)12(4)16(19)17(14)20/h6,10-11,13H,1,7-9H2,2-5H3/t10-,11-,13+/m0/s1. The van der Waals surface area contributed by atoms with E-state index >= 15 is 0 Å². The highest BCUT2D eigenvalue weighted by molar-refractivity contribution is 6.50. The highest BCUT2D eigenvalue weighted by atomic mass is 16.5. The molecular weight excluding hydrogens is 264 g/mol. The molecule has 0 aliphatic heterocycles. The van der Waals surface area contributed by atoms with E-state index in [1.807, 2.05) is 13.0 Å². The van der Waals surface area contributed by atoms with Crippen LogP contribution in [-0.4, -0.2) is 18.7 Å². The molecule has 0 saturated heterocycles. The fraction of sp³-hybridized carbons (Fsp3) is 0.556. The van der Waals surface area contributed by atoms with Crippen molar-refractivity contribution in [3.8, 4) is 0 Å². The van der Waals surface area contributed by atoms with Gasteiger partial charge in [0.15, 0.2) is 0 Å². The summed E-state index contributed by atoms with van der Waals surface area (Å²) in [6, 6.07) is 0. The molecule has 2 aliphatic rings. The molecule has 0 fully saturated rings. The molecule has 0 heterocycles. The van der Waals surface area contributed by atoms with E-state index in [1.165, 1.54) is 0 Å². The summed E-state index contributed by atoms with van der Waals surface area (Å²) in [6.45, 7) is 9.71. The number of allylic oxidation sites excluding steroid dienone is 4. The minimum atomic E-state index is -0.408. The normalized spacial score (nSPS) is 27.6. The number of carbonyl (C=O) groups excluding carboxylic acids is 2. The molecular formula is C18H24O3. The third-order valence-electron chi connectivity index (χ3n) is 4.87. The van der Waals surface area contributed by atoms with Gasteiger partial charge in [0.25, 0.3) is 0 Å². The molecule has 0 unspecified atom stereocenters. The van der Waals surface area contributed by atoms with Crippen molar-refractivity contribution in [3.63, 3.8) is 0 Å². The van der Waals surface area contributed by atoms with E-state index < -0.39 is 5.78 Å². The molecule has 0 bridgehead atoms. The number of rotatable bonds is 4. The molecule has 2 rings (SSSR count). The number of hydrogen-bond donors (Lipinski definition) is 0. The summed E-state index contributed by atoms with van der Waals surface area (Å²) in [5.74, 6) is 0.667. The topological polar surface area (TPSA) is 43.4 Å². The Bertz CT molecular complexity index is 551. The predicted molar refractivity (Wildman–Crippen MR) is 82.6 cm³/mol. The van der Waals surface area contributed by atoms with Gasteiger partial charge >= 0.3 is 0 Å². The maximum Gasteiger partial charge on any atom is 0.232 e. The van der Waals surface area contributed by atoms with E-state index in [4.69, 9.17) is 4.74 Å². The third-order valence-corrected chi connectivity index (χ3v) is 4.87. The number of Topliss-reactive ketones (excluding diaryl/α,β-unsaturated/α-hetero) is 2. The van der Waals surface area contributed by atoms with Crippen LogP contribution in [0.3, 0.4) is 0 Å². The van der Waals surface area contributed by atoms with Crippen molar-refractivity contribution in [3.05, 3.63) is 35.1 Å². The Hall–Kier alpha value is -1.64. The monoisotopic (exact) mass is 288 g/mol. The summed E-state index contributed by atoms with van der Waals surface area (Å²) in [6.07, 6.45) is 4.78. The van der Waals surface area contributed by atoms with Gasteiger partial charge in [-0.05, 0) is 43.9 Å². The van der Waals surface area contributed by atoms with Crippen molar-refractivity contribution < 1.29 is 14.3 Å². The second-order valence-electron chi connectivity index (χ2n) is 6.23. The van der Waals surface area contributed by atoms with Gasteiger partial charge in [-0.1, -0.05) is 19.9 Å². The van der Waals surface area contributed by atoms with E-state index in [9.17, 15) is 9.59 Å². The smallest absolute Gasteiger partial charge is 0.232 e. The predicted octanol–water partition coefficient (Wildman–Crippen LogP) is 3.61. The zero-order valence-electron chi connectivity index (χ0n) is 13.4. The first-order valence-corrected chi connectivity index (χ1v) is 7.63. The van der Waals surface area contributed by atoms with Gasteiger partial charge in [-0.3, -0.25) is 9.59 Å². The summed E-state index contributed by atoms with van der Waals surface area (Å²) in [5.41, 5.74) is 2.12. The van der Waals surface area contributed by atoms with Crippen LogP contribution < -0.4 is 0 Å². The van der Waals surface area contributed by atoms with E-state index in [0.29, 0.717) is 22.8 Å². The molecule has 0 spiro atoms. The van der Waals surface area contributed by atoms with Crippen LogP contribution in [-0.2, 0) is 14.3 Å². The number of ketones is 2. The van der Waals surface area contributed by atoms with Crippen LogP contribution in [0.5, 0.6) is 0 Å². The Morgan fingerprint density at radius 3 is 2.52 bits per heavy atom. The SMILES string of the molecule is C=CC[C@H](C)[C@H]1CC[C@H](C)C2=C1C(OC)=C(C)C(=O)C2=O. The van der Waals surface area contributed by atoms with Gasteiger partial charge in [0.2, 0.25) is 11.6 Å². The highest BCUT2D eigenvalue weighted by Crippen LogP contribution is 2.45. The molecule has 3 atom stereocenters. The molecule has 0 aromatic heterocycles. The summed E-state index contributed by atoms with van der Waals surface area (Å²) in [7, 11) is 1.58. The van der Waals surface area contributed by atoms with Crippen LogP contribution in [0.15, 0.2) is 35.1 Å². The van der Waals surface area contributed by atoms with E-state index in [-0.39, 0.29) is 17.6 Å². The Morgan fingerprint density at radius 2 is 1.95 bits per heavy atom. The maximum absolute atomic E-state index is 12.5. The van der Waals surface area contributed by atoms with Crippen molar-refractivity contribution in [2.75, 3.05) is 7.11 Å². The second kappa shape index (κ2) is 6.00. The van der Waals surface area contributed by atoms with Crippen molar-refractivity contribution in [2.24, 2.45) is 17.8 Å². The molecule has 0 aromatic rings. The van der Waals surface area contributed by atoms with Crippen molar-refractivity contribution in [1.82, 2.24) is 0 Å². The average Bonchev–Trinajstić information content (AvgIpc) is 2.45. The first-order chi connectivity index (χ1) is 9.93. The fourth-order valence-electron chi connectivity index (χ4n) is 3.68. The lowest BCUT2D eigenvalue weighted by molar-refractivity contribution is -0.133. The van der Waals surface area contributed by atoms with Crippen molar-refractivity contribution in [1.29, 1.82) is 0 Å². The van der Waals surface area contributed by atoms with Crippen molar-refractivity contribution in [2.45, 2.75) is 40.0 Å². The first kappa shape index (κ1) is 15.7. The van der Waals surface area contributed by atoms with Crippen LogP contribution in [0.1, 0.15) is 40.0 Å². The second-order valence-corrected chi connectivity index (χ2v) is 6.23. The van der Waals surface area contributed by atoms with Gasteiger partial charge in [0.05, 0.1) is 7.11 Å². The summed E-state index contributed by atoms with van der Waals surface area (Å²) >= 11 is 0. The van der Waals surface area contributed by atoms with Gasteiger partial charge in [0.1, 0.15) is 5.76 Å². The van der Waals surface area contributed by atoms with E-state index in [0.717, 1.165) is 24.8 Å². The molecule has 3 heteroatoms. The summed E-state index contributed by atoms with van der Waals surface area (Å²) in [5, 5.41) is 0. The highest BCUT2D eigenvalue weighted by Gasteiger charge is 2.42. The van der Waals surface area contributed by atoms with Crippen LogP contribution in [0.25, 0.3) is 0 Å². The number of carbonyl (C=O) groups is 2. The molecule has 114 valence electrons. The van der Waals surface area contributed by atoms with Gasteiger partial charge in [-0.15, -0.1) is 6.58 Å². The molecule has 0 saturated carbocycles. The Kier molecular flexibility index (Phi) is 4.50. The lowest BCUT2D eigenvalue weighted by Crippen LogP contribution is -2.35. The molecule has 0 amide bonds. The first-order valence-electron chi connectivity index (χ1n) is 7.63. The van der Waals surface area contributed by atoms with Gasteiger partial charge < -0.3 is 4.74 Å². The van der Waals surface area contributed by atoms with E-state index in [2.05, 4.69) is 13.5 Å². The quantitative estimate of drug-likeness (QED) is 0.451. The zero-order valence-corrected chi connectivity index (χ0v) is 13.4. The number of hydrogen-bond acceptors (Lipinski definition) is 3. The minimum Gasteiger partial charge on any atom is -0.496 e. The van der Waals surface area contributed by atoms with Gasteiger partial charge in [-0.25, -0.2) is 0 Å². The zero-order chi connectivity index (χ0) is 15.7. The molecule has 21 heavy (non-hydrogen) atoms. The Morgan fingerprint density at radius 1 is 1.29 bits per heavy atom. The lowest BCUT2D eigenvalue weighted by atomic mass is 9.67. The molecule has 2 aliphatic carbocycles. The average molecular weight is 288 g/mol. The van der Waals surface area contributed by atoms with Gasteiger partial charge in [0, 0.05) is 16.7 Å². The lowest BCUT2D eigenvalue weighted by Gasteiger charge is -2.37. The molecule has 3 nitrogen and oxygen atoms in total. The maximum atomic E-state index is 12.5. The van der Waals surface area contributed by atoms with Gasteiger partial charge in [-0.2, -0.15) is 0 Å².